The molecule has 3 heteroatoms. The van der Waals surface area contributed by atoms with Crippen molar-refractivity contribution in [3.05, 3.63) is 0 Å². The SMILES string of the molecule is CCCC(F)C(CBr)CBr. The Hall–Kier alpha value is 0.890. The van der Waals surface area contributed by atoms with Crippen molar-refractivity contribution in [1.82, 2.24) is 0 Å². The number of halogens is 3. The maximum atomic E-state index is 13.0. The summed E-state index contributed by atoms with van der Waals surface area (Å²) in [5, 5.41) is 1.50. The molecule has 0 N–H and O–H groups in total. The van der Waals surface area contributed by atoms with Crippen molar-refractivity contribution in [3.8, 4) is 0 Å². The fourth-order valence-electron chi connectivity index (χ4n) is 0.746. The van der Waals surface area contributed by atoms with Crippen LogP contribution in [0.4, 0.5) is 4.39 Å². The topological polar surface area (TPSA) is 0 Å². The third kappa shape index (κ3) is 3.91. The van der Waals surface area contributed by atoms with E-state index in [2.05, 4.69) is 31.9 Å². The summed E-state index contributed by atoms with van der Waals surface area (Å²) in [5.74, 6) is 0.139. The number of hydrogen-bond donors (Lipinski definition) is 0. The fourth-order valence-corrected chi connectivity index (χ4v) is 2.63. The Morgan fingerprint density at radius 1 is 1.30 bits per heavy atom. The van der Waals surface area contributed by atoms with Gasteiger partial charge < -0.3 is 0 Å². The molecule has 0 saturated heterocycles. The van der Waals surface area contributed by atoms with Crippen molar-refractivity contribution < 1.29 is 4.39 Å². The third-order valence-corrected chi connectivity index (χ3v) is 3.14. The van der Waals surface area contributed by atoms with Crippen molar-refractivity contribution in [2.24, 2.45) is 5.92 Å². The van der Waals surface area contributed by atoms with Crippen LogP contribution in [-0.2, 0) is 0 Å². The standard InChI is InChI=1S/C7H13Br2F/c1-2-3-7(10)6(4-8)5-9/h6-7H,2-5H2,1H3. The molecule has 0 aliphatic heterocycles. The summed E-state index contributed by atoms with van der Waals surface area (Å²) in [4.78, 5) is 0. The van der Waals surface area contributed by atoms with Gasteiger partial charge in [-0.25, -0.2) is 4.39 Å². The Morgan fingerprint density at radius 3 is 2.10 bits per heavy atom. The molecule has 0 nitrogen and oxygen atoms in total. The number of rotatable bonds is 5. The van der Waals surface area contributed by atoms with E-state index < -0.39 is 6.17 Å². The van der Waals surface area contributed by atoms with E-state index in [9.17, 15) is 4.39 Å². The third-order valence-electron chi connectivity index (χ3n) is 1.47. The number of hydrogen-bond acceptors (Lipinski definition) is 0. The van der Waals surface area contributed by atoms with E-state index in [-0.39, 0.29) is 5.92 Å². The lowest BCUT2D eigenvalue weighted by Gasteiger charge is -2.14. The van der Waals surface area contributed by atoms with Gasteiger partial charge in [0.2, 0.25) is 0 Å². The van der Waals surface area contributed by atoms with Crippen LogP contribution in [0, 0.1) is 5.92 Å². The number of alkyl halides is 3. The first-order chi connectivity index (χ1) is 4.76. The van der Waals surface area contributed by atoms with Gasteiger partial charge in [0.1, 0.15) is 6.17 Å². The Bertz CT molecular complexity index is 74.0. The fraction of sp³-hybridized carbons (Fsp3) is 1.00. The first kappa shape index (κ1) is 10.9. The molecular weight excluding hydrogens is 263 g/mol. The highest BCUT2D eigenvalue weighted by Gasteiger charge is 2.16. The van der Waals surface area contributed by atoms with Gasteiger partial charge in [-0.1, -0.05) is 45.2 Å². The highest BCUT2D eigenvalue weighted by Crippen LogP contribution is 2.17. The molecule has 0 radical (unpaired) electrons. The monoisotopic (exact) mass is 274 g/mol. The first-order valence-electron chi connectivity index (χ1n) is 3.52. The van der Waals surface area contributed by atoms with Crippen LogP contribution in [0.15, 0.2) is 0 Å². The molecule has 0 heterocycles. The minimum atomic E-state index is -0.649. The predicted molar refractivity (Wildman–Crippen MR) is 50.9 cm³/mol. The first-order valence-corrected chi connectivity index (χ1v) is 5.76. The Labute approximate surface area is 78.8 Å². The molecule has 0 spiro atoms. The summed E-state index contributed by atoms with van der Waals surface area (Å²) in [6, 6.07) is 0. The van der Waals surface area contributed by atoms with Gasteiger partial charge in [0.15, 0.2) is 0 Å². The van der Waals surface area contributed by atoms with Crippen molar-refractivity contribution in [1.29, 1.82) is 0 Å². The van der Waals surface area contributed by atoms with E-state index in [1.807, 2.05) is 6.92 Å². The highest BCUT2D eigenvalue weighted by atomic mass is 79.9. The Balaban J connectivity index is 3.53. The van der Waals surface area contributed by atoms with E-state index >= 15 is 0 Å². The van der Waals surface area contributed by atoms with Crippen LogP contribution in [-0.4, -0.2) is 16.8 Å². The van der Waals surface area contributed by atoms with E-state index in [0.29, 0.717) is 6.42 Å². The maximum Gasteiger partial charge on any atom is 0.105 e. The minimum Gasteiger partial charge on any atom is -0.247 e. The van der Waals surface area contributed by atoms with Crippen molar-refractivity contribution >= 4 is 31.9 Å². The van der Waals surface area contributed by atoms with Crippen molar-refractivity contribution in [3.63, 3.8) is 0 Å². The van der Waals surface area contributed by atoms with Crippen LogP contribution >= 0.6 is 31.9 Å². The van der Waals surface area contributed by atoms with E-state index in [1.54, 1.807) is 0 Å². The maximum absolute atomic E-state index is 13.0. The summed E-state index contributed by atoms with van der Waals surface area (Å²) >= 11 is 6.55. The van der Waals surface area contributed by atoms with Gasteiger partial charge in [-0.2, -0.15) is 0 Å². The zero-order chi connectivity index (χ0) is 7.98. The second-order valence-electron chi connectivity index (χ2n) is 2.37. The second kappa shape index (κ2) is 6.59. The highest BCUT2D eigenvalue weighted by molar-refractivity contribution is 9.09. The summed E-state index contributed by atoms with van der Waals surface area (Å²) in [7, 11) is 0. The average Bonchev–Trinajstić information content (AvgIpc) is 1.91. The zero-order valence-electron chi connectivity index (χ0n) is 6.12. The van der Waals surface area contributed by atoms with Gasteiger partial charge in [-0.3, -0.25) is 0 Å². The normalized spacial score (nSPS) is 14.1. The molecular formula is C7H13Br2F. The molecule has 0 aliphatic rings. The molecule has 1 unspecified atom stereocenters. The van der Waals surface area contributed by atoms with Gasteiger partial charge >= 0.3 is 0 Å². The van der Waals surface area contributed by atoms with Gasteiger partial charge in [0, 0.05) is 16.6 Å². The molecule has 0 aliphatic carbocycles. The van der Waals surface area contributed by atoms with Crippen molar-refractivity contribution in [2.45, 2.75) is 25.9 Å². The quantitative estimate of drug-likeness (QED) is 0.674. The summed E-state index contributed by atoms with van der Waals surface area (Å²) in [6.07, 6.45) is 0.961. The van der Waals surface area contributed by atoms with E-state index in [1.165, 1.54) is 0 Å². The molecule has 0 saturated carbocycles. The largest absolute Gasteiger partial charge is 0.247 e. The predicted octanol–water partition coefficient (Wildman–Crippen LogP) is 3.53. The second-order valence-corrected chi connectivity index (χ2v) is 3.67. The van der Waals surface area contributed by atoms with E-state index in [4.69, 9.17) is 0 Å². The average molecular weight is 276 g/mol. The lowest BCUT2D eigenvalue weighted by Crippen LogP contribution is -2.18. The van der Waals surface area contributed by atoms with Crippen LogP contribution in [0.25, 0.3) is 0 Å². The molecule has 0 bridgehead atoms. The van der Waals surface area contributed by atoms with Gasteiger partial charge in [-0.05, 0) is 6.42 Å². The molecule has 0 aromatic heterocycles. The Kier molecular flexibility index (Phi) is 7.18. The van der Waals surface area contributed by atoms with Gasteiger partial charge in [0.05, 0.1) is 0 Å². The summed E-state index contributed by atoms with van der Waals surface area (Å²) in [5.41, 5.74) is 0. The molecule has 62 valence electrons. The van der Waals surface area contributed by atoms with Gasteiger partial charge in [0.25, 0.3) is 0 Å². The smallest absolute Gasteiger partial charge is 0.105 e. The molecule has 1 atom stereocenters. The molecule has 0 fully saturated rings. The van der Waals surface area contributed by atoms with E-state index in [0.717, 1.165) is 17.1 Å². The summed E-state index contributed by atoms with van der Waals surface area (Å²) < 4.78 is 13.0. The van der Waals surface area contributed by atoms with Gasteiger partial charge in [-0.15, -0.1) is 0 Å². The zero-order valence-corrected chi connectivity index (χ0v) is 9.29. The van der Waals surface area contributed by atoms with Crippen LogP contribution in [0.5, 0.6) is 0 Å². The summed E-state index contributed by atoms with van der Waals surface area (Å²) in [6.45, 7) is 2.01. The van der Waals surface area contributed by atoms with Crippen LogP contribution in [0.2, 0.25) is 0 Å². The molecule has 0 aromatic carbocycles. The molecule has 0 amide bonds. The van der Waals surface area contributed by atoms with Crippen LogP contribution < -0.4 is 0 Å². The molecule has 10 heavy (non-hydrogen) atoms. The minimum absolute atomic E-state index is 0.139. The lowest BCUT2D eigenvalue weighted by molar-refractivity contribution is 0.246. The Morgan fingerprint density at radius 2 is 1.80 bits per heavy atom. The molecule has 0 rings (SSSR count). The lowest BCUT2D eigenvalue weighted by atomic mass is 10.0. The van der Waals surface area contributed by atoms with Crippen LogP contribution in [0.1, 0.15) is 19.8 Å². The van der Waals surface area contributed by atoms with Crippen LogP contribution in [0.3, 0.4) is 0 Å². The molecule has 0 aromatic rings. The van der Waals surface area contributed by atoms with Crippen molar-refractivity contribution in [2.75, 3.05) is 10.7 Å².